The van der Waals surface area contributed by atoms with Crippen LogP contribution in [-0.4, -0.2) is 22.0 Å². The summed E-state index contributed by atoms with van der Waals surface area (Å²) in [7, 11) is 0. The zero-order chi connectivity index (χ0) is 13.2. The van der Waals surface area contributed by atoms with Crippen LogP contribution in [0.4, 0.5) is 0 Å². The molecule has 0 atom stereocenters. The van der Waals surface area contributed by atoms with Crippen LogP contribution in [0.15, 0.2) is 23.8 Å². The minimum Gasteiger partial charge on any atom is -0.350 e. The first kappa shape index (κ1) is 12.4. The molecule has 1 fully saturated rings. The molecule has 4 nitrogen and oxygen atoms in total. The second kappa shape index (κ2) is 5.17. The lowest BCUT2D eigenvalue weighted by Crippen LogP contribution is -2.26. The van der Waals surface area contributed by atoms with E-state index in [-0.39, 0.29) is 5.91 Å². The molecule has 0 spiro atoms. The number of aryl methyl sites for hydroxylation is 1. The van der Waals surface area contributed by atoms with Crippen molar-refractivity contribution in [3.63, 3.8) is 0 Å². The van der Waals surface area contributed by atoms with E-state index in [4.69, 9.17) is 0 Å². The summed E-state index contributed by atoms with van der Waals surface area (Å²) in [5, 5.41) is 4.96. The second-order valence-electron chi connectivity index (χ2n) is 5.00. The maximum atomic E-state index is 11.9. The molecule has 0 bridgehead atoms. The molecule has 2 aromatic rings. The van der Waals surface area contributed by atoms with E-state index in [0.29, 0.717) is 12.5 Å². The minimum absolute atomic E-state index is 0.0196. The smallest absolute Gasteiger partial charge is 0.261 e. The average Bonchev–Trinajstić information content (AvgIpc) is 2.97. The molecule has 1 amide bonds. The zero-order valence-electron chi connectivity index (χ0n) is 10.9. The van der Waals surface area contributed by atoms with Gasteiger partial charge in [-0.05, 0) is 36.8 Å². The summed E-state index contributed by atoms with van der Waals surface area (Å²) in [5.41, 5.74) is 1.14. The van der Waals surface area contributed by atoms with Gasteiger partial charge in [0.1, 0.15) is 5.82 Å². The van der Waals surface area contributed by atoms with Crippen LogP contribution in [-0.2, 0) is 6.54 Å². The number of hydrogen-bond donors (Lipinski definition) is 1. The predicted octanol–water partition coefficient (Wildman–Crippen LogP) is 2.56. The van der Waals surface area contributed by atoms with Gasteiger partial charge in [0.2, 0.25) is 0 Å². The Hall–Kier alpha value is -1.62. The van der Waals surface area contributed by atoms with Gasteiger partial charge in [0.05, 0.1) is 4.88 Å². The van der Waals surface area contributed by atoms with Crippen LogP contribution in [0.5, 0.6) is 0 Å². The van der Waals surface area contributed by atoms with Crippen molar-refractivity contribution in [1.82, 2.24) is 14.9 Å². The van der Waals surface area contributed by atoms with Crippen molar-refractivity contribution in [1.29, 1.82) is 0 Å². The molecule has 0 aliphatic heterocycles. The second-order valence-corrected chi connectivity index (χ2v) is 5.91. The lowest BCUT2D eigenvalue weighted by Gasteiger charge is -2.07. The Morgan fingerprint density at radius 3 is 3.11 bits per heavy atom. The summed E-state index contributed by atoms with van der Waals surface area (Å²) in [6.45, 7) is 3.44. The van der Waals surface area contributed by atoms with E-state index in [9.17, 15) is 4.79 Å². The van der Waals surface area contributed by atoms with Gasteiger partial charge in [-0.3, -0.25) is 4.79 Å². The number of aromatic nitrogens is 2. The van der Waals surface area contributed by atoms with Gasteiger partial charge in [-0.15, -0.1) is 11.3 Å². The Bertz CT molecular complexity index is 583. The summed E-state index contributed by atoms with van der Waals surface area (Å²) in [4.78, 5) is 17.1. The first-order valence-corrected chi connectivity index (χ1v) is 7.46. The highest BCUT2D eigenvalue weighted by molar-refractivity contribution is 7.12. The lowest BCUT2D eigenvalue weighted by atomic mass is 10.3. The molecule has 1 aliphatic rings. The average molecular weight is 275 g/mol. The molecule has 2 heterocycles. The molecular weight excluding hydrogens is 258 g/mol. The normalized spacial score (nSPS) is 14.6. The van der Waals surface area contributed by atoms with Gasteiger partial charge in [-0.25, -0.2) is 4.98 Å². The van der Waals surface area contributed by atoms with E-state index in [1.807, 2.05) is 30.8 Å². The molecule has 5 heteroatoms. The molecule has 100 valence electrons. The van der Waals surface area contributed by atoms with Crippen LogP contribution in [0.2, 0.25) is 0 Å². The molecule has 0 unspecified atom stereocenters. The highest BCUT2D eigenvalue weighted by atomic mass is 32.1. The van der Waals surface area contributed by atoms with Crippen molar-refractivity contribution < 1.29 is 4.79 Å². The Balaban J connectivity index is 1.52. The fourth-order valence-corrected chi connectivity index (χ4v) is 2.95. The van der Waals surface area contributed by atoms with Gasteiger partial charge < -0.3 is 9.88 Å². The van der Waals surface area contributed by atoms with Gasteiger partial charge in [-0.1, -0.05) is 0 Å². The Labute approximate surface area is 116 Å². The molecule has 1 N–H and O–H groups in total. The molecule has 1 aliphatic carbocycles. The van der Waals surface area contributed by atoms with E-state index < -0.39 is 0 Å². The number of carbonyl (C=O) groups is 1. The van der Waals surface area contributed by atoms with Gasteiger partial charge in [0, 0.05) is 31.4 Å². The minimum atomic E-state index is 0.0196. The summed E-state index contributed by atoms with van der Waals surface area (Å²) in [6.07, 6.45) is 6.34. The summed E-state index contributed by atoms with van der Waals surface area (Å²) >= 11 is 1.49. The van der Waals surface area contributed by atoms with Crippen molar-refractivity contribution in [3.05, 3.63) is 40.1 Å². The van der Waals surface area contributed by atoms with E-state index in [0.717, 1.165) is 17.0 Å². The maximum Gasteiger partial charge on any atom is 0.261 e. The van der Waals surface area contributed by atoms with Crippen LogP contribution in [0.3, 0.4) is 0 Å². The number of amides is 1. The molecule has 1 saturated carbocycles. The van der Waals surface area contributed by atoms with Crippen molar-refractivity contribution in [2.45, 2.75) is 32.2 Å². The zero-order valence-corrected chi connectivity index (χ0v) is 11.7. The van der Waals surface area contributed by atoms with Crippen LogP contribution in [0.1, 0.15) is 39.8 Å². The standard InChI is InChI=1S/C14H17N3OS/c1-10-8-12(19-9-10)14(18)16-5-7-17-6-4-15-13(17)11-2-3-11/h4,6,8-9,11H,2-3,5,7H2,1H3,(H,16,18). The number of nitrogens with zero attached hydrogens (tertiary/aromatic N) is 2. The Morgan fingerprint density at radius 1 is 1.58 bits per heavy atom. The number of thiophene rings is 1. The molecule has 0 aromatic carbocycles. The third-order valence-electron chi connectivity index (χ3n) is 3.28. The maximum absolute atomic E-state index is 11.9. The van der Waals surface area contributed by atoms with E-state index in [1.54, 1.807) is 0 Å². The molecule has 0 radical (unpaired) electrons. The van der Waals surface area contributed by atoms with Crippen LogP contribution < -0.4 is 5.32 Å². The highest BCUT2D eigenvalue weighted by Crippen LogP contribution is 2.38. The lowest BCUT2D eigenvalue weighted by molar-refractivity contribution is 0.0956. The van der Waals surface area contributed by atoms with E-state index in [2.05, 4.69) is 14.9 Å². The number of rotatable bonds is 5. The quantitative estimate of drug-likeness (QED) is 0.911. The largest absolute Gasteiger partial charge is 0.350 e. The van der Waals surface area contributed by atoms with Crippen molar-refractivity contribution in [3.8, 4) is 0 Å². The van der Waals surface area contributed by atoms with Crippen LogP contribution >= 0.6 is 11.3 Å². The third kappa shape index (κ3) is 2.87. The fraction of sp³-hybridized carbons (Fsp3) is 0.429. The van der Waals surface area contributed by atoms with Crippen molar-refractivity contribution >= 4 is 17.2 Å². The van der Waals surface area contributed by atoms with Crippen LogP contribution in [0, 0.1) is 6.92 Å². The van der Waals surface area contributed by atoms with Gasteiger partial charge in [0.15, 0.2) is 0 Å². The number of imidazole rings is 1. The molecule has 0 saturated heterocycles. The number of nitrogens with one attached hydrogen (secondary N) is 1. The first-order chi connectivity index (χ1) is 9.24. The SMILES string of the molecule is Cc1csc(C(=O)NCCn2ccnc2C2CC2)c1. The van der Waals surface area contributed by atoms with Crippen molar-refractivity contribution in [2.24, 2.45) is 0 Å². The van der Waals surface area contributed by atoms with E-state index >= 15 is 0 Å². The molecule has 3 rings (SSSR count). The Kier molecular flexibility index (Phi) is 3.38. The van der Waals surface area contributed by atoms with Crippen molar-refractivity contribution in [2.75, 3.05) is 6.54 Å². The number of hydrogen-bond acceptors (Lipinski definition) is 3. The van der Waals surface area contributed by atoms with Gasteiger partial charge in [-0.2, -0.15) is 0 Å². The molecule has 19 heavy (non-hydrogen) atoms. The number of carbonyl (C=O) groups excluding carboxylic acids is 1. The van der Waals surface area contributed by atoms with E-state index in [1.165, 1.54) is 30.0 Å². The topological polar surface area (TPSA) is 46.9 Å². The monoisotopic (exact) mass is 275 g/mol. The highest BCUT2D eigenvalue weighted by Gasteiger charge is 2.27. The summed E-state index contributed by atoms with van der Waals surface area (Å²) in [6, 6.07) is 1.92. The Morgan fingerprint density at radius 2 is 2.42 bits per heavy atom. The van der Waals surface area contributed by atoms with Gasteiger partial charge in [0.25, 0.3) is 5.91 Å². The molecule has 2 aromatic heterocycles. The van der Waals surface area contributed by atoms with Gasteiger partial charge >= 0.3 is 0 Å². The fourth-order valence-electron chi connectivity index (χ4n) is 2.14. The predicted molar refractivity (Wildman–Crippen MR) is 75.6 cm³/mol. The van der Waals surface area contributed by atoms with Crippen LogP contribution in [0.25, 0.3) is 0 Å². The molecular formula is C14H17N3OS. The first-order valence-electron chi connectivity index (χ1n) is 6.58. The summed E-state index contributed by atoms with van der Waals surface area (Å²) < 4.78 is 2.15. The third-order valence-corrected chi connectivity index (χ3v) is 4.33. The summed E-state index contributed by atoms with van der Waals surface area (Å²) in [5.74, 6) is 1.83.